The molecule has 1 amide bonds. The first-order valence-electron chi connectivity index (χ1n) is 9.53. The summed E-state index contributed by atoms with van der Waals surface area (Å²) in [6.07, 6.45) is 1.36. The van der Waals surface area contributed by atoms with Crippen LogP contribution >= 0.6 is 0 Å². The van der Waals surface area contributed by atoms with Crippen LogP contribution in [0.3, 0.4) is 0 Å². The van der Waals surface area contributed by atoms with Crippen molar-refractivity contribution in [3.8, 4) is 5.75 Å². The Morgan fingerprint density at radius 3 is 2.70 bits per heavy atom. The third-order valence-corrected chi connectivity index (χ3v) is 4.87. The topological polar surface area (TPSA) is 50.8 Å². The fraction of sp³-hybridized carbons (Fsp3) is 0.409. The number of carbonyl (C=O) groups excluding carboxylic acids is 1. The van der Waals surface area contributed by atoms with Crippen LogP contribution in [0.4, 0.5) is 0 Å². The molecule has 1 aliphatic heterocycles. The van der Waals surface area contributed by atoms with Gasteiger partial charge in [-0.3, -0.25) is 9.69 Å². The highest BCUT2D eigenvalue weighted by atomic mass is 16.5. The lowest BCUT2D eigenvalue weighted by molar-refractivity contribution is -0.121. The summed E-state index contributed by atoms with van der Waals surface area (Å²) in [5.74, 6) is 0.932. The van der Waals surface area contributed by atoms with Crippen LogP contribution in [-0.2, 0) is 16.0 Å². The lowest BCUT2D eigenvalue weighted by Crippen LogP contribution is -2.42. The van der Waals surface area contributed by atoms with Gasteiger partial charge in [-0.25, -0.2) is 0 Å². The summed E-state index contributed by atoms with van der Waals surface area (Å²) in [4.78, 5) is 14.4. The zero-order valence-corrected chi connectivity index (χ0v) is 15.9. The van der Waals surface area contributed by atoms with E-state index in [-0.39, 0.29) is 12.0 Å². The summed E-state index contributed by atoms with van der Waals surface area (Å²) in [5.41, 5.74) is 2.36. The number of morpholine rings is 1. The first-order valence-corrected chi connectivity index (χ1v) is 9.53. The molecule has 0 radical (unpaired) electrons. The molecular weight excluding hydrogens is 340 g/mol. The van der Waals surface area contributed by atoms with Gasteiger partial charge in [-0.05, 0) is 29.7 Å². The van der Waals surface area contributed by atoms with Crippen molar-refractivity contribution in [2.45, 2.75) is 18.9 Å². The maximum absolute atomic E-state index is 12.1. The molecule has 0 aromatic heterocycles. The third-order valence-electron chi connectivity index (χ3n) is 4.87. The van der Waals surface area contributed by atoms with E-state index in [1.807, 2.05) is 42.5 Å². The smallest absolute Gasteiger partial charge is 0.220 e. The van der Waals surface area contributed by atoms with Gasteiger partial charge in [-0.2, -0.15) is 0 Å². The maximum Gasteiger partial charge on any atom is 0.220 e. The van der Waals surface area contributed by atoms with Crippen molar-refractivity contribution < 1.29 is 14.3 Å². The predicted molar refractivity (Wildman–Crippen MR) is 106 cm³/mol. The molecule has 5 heteroatoms. The molecule has 0 unspecified atom stereocenters. The fourth-order valence-electron chi connectivity index (χ4n) is 3.27. The molecule has 0 spiro atoms. The Bertz CT molecular complexity index is 703. The van der Waals surface area contributed by atoms with Crippen molar-refractivity contribution in [3.05, 3.63) is 65.7 Å². The van der Waals surface area contributed by atoms with Gasteiger partial charge in [0.15, 0.2) is 0 Å². The number of nitrogens with zero attached hydrogens (tertiary/aromatic N) is 1. The van der Waals surface area contributed by atoms with Gasteiger partial charge < -0.3 is 14.8 Å². The summed E-state index contributed by atoms with van der Waals surface area (Å²) in [6.45, 7) is 4.02. The first-order chi connectivity index (χ1) is 13.2. The normalized spacial score (nSPS) is 17.4. The zero-order valence-electron chi connectivity index (χ0n) is 15.9. The van der Waals surface area contributed by atoms with E-state index in [1.54, 1.807) is 7.11 Å². The first kappa shape index (κ1) is 19.4. The Balaban J connectivity index is 1.35. The van der Waals surface area contributed by atoms with Gasteiger partial charge in [0, 0.05) is 32.6 Å². The standard InChI is InChI=1S/C22H28N2O3/c1-26-20-10-7-18(8-11-20)9-12-22(25)23-13-14-24-15-16-27-21(17-24)19-5-3-2-4-6-19/h2-8,10-11,21H,9,12-17H2,1H3,(H,23,25)/t21-/m0/s1. The van der Waals surface area contributed by atoms with E-state index >= 15 is 0 Å². The molecule has 0 saturated carbocycles. The zero-order chi connectivity index (χ0) is 18.9. The van der Waals surface area contributed by atoms with E-state index in [9.17, 15) is 4.79 Å². The van der Waals surface area contributed by atoms with Crippen molar-refractivity contribution in [1.82, 2.24) is 10.2 Å². The molecule has 27 heavy (non-hydrogen) atoms. The molecule has 1 saturated heterocycles. The quantitative estimate of drug-likeness (QED) is 0.778. The summed E-state index contributed by atoms with van der Waals surface area (Å²) >= 11 is 0. The highest BCUT2D eigenvalue weighted by molar-refractivity contribution is 5.76. The Morgan fingerprint density at radius 1 is 1.19 bits per heavy atom. The average molecular weight is 368 g/mol. The van der Waals surface area contributed by atoms with Gasteiger partial charge in [-0.15, -0.1) is 0 Å². The summed E-state index contributed by atoms with van der Waals surface area (Å²) in [6, 6.07) is 18.2. The second kappa shape index (κ2) is 10.1. The minimum Gasteiger partial charge on any atom is -0.497 e. The Morgan fingerprint density at radius 2 is 1.96 bits per heavy atom. The van der Waals surface area contributed by atoms with Gasteiger partial charge in [0.2, 0.25) is 5.91 Å². The number of hydrogen-bond acceptors (Lipinski definition) is 4. The second-order valence-corrected chi connectivity index (χ2v) is 6.77. The molecule has 1 fully saturated rings. The molecule has 1 heterocycles. The Labute approximate surface area is 161 Å². The van der Waals surface area contributed by atoms with Gasteiger partial charge in [-0.1, -0.05) is 42.5 Å². The van der Waals surface area contributed by atoms with Crippen molar-refractivity contribution in [3.63, 3.8) is 0 Å². The number of rotatable bonds is 8. The molecule has 2 aromatic carbocycles. The number of amides is 1. The number of methoxy groups -OCH3 is 1. The molecule has 144 valence electrons. The van der Waals surface area contributed by atoms with Crippen LogP contribution in [0.15, 0.2) is 54.6 Å². The largest absolute Gasteiger partial charge is 0.497 e. The van der Waals surface area contributed by atoms with Crippen LogP contribution < -0.4 is 10.1 Å². The molecule has 1 aliphatic rings. The fourth-order valence-corrected chi connectivity index (χ4v) is 3.27. The van der Waals surface area contributed by atoms with Crippen molar-refractivity contribution in [2.75, 3.05) is 39.9 Å². The average Bonchev–Trinajstić information content (AvgIpc) is 2.73. The van der Waals surface area contributed by atoms with E-state index in [0.29, 0.717) is 13.0 Å². The number of ether oxygens (including phenoxy) is 2. The van der Waals surface area contributed by atoms with E-state index in [1.165, 1.54) is 5.56 Å². The molecule has 2 aromatic rings. The second-order valence-electron chi connectivity index (χ2n) is 6.77. The molecule has 3 rings (SSSR count). The monoisotopic (exact) mass is 368 g/mol. The van der Waals surface area contributed by atoms with Crippen molar-refractivity contribution in [2.24, 2.45) is 0 Å². The molecule has 1 N–H and O–H groups in total. The van der Waals surface area contributed by atoms with Crippen LogP contribution in [0.2, 0.25) is 0 Å². The lowest BCUT2D eigenvalue weighted by Gasteiger charge is -2.33. The number of nitrogens with one attached hydrogen (secondary N) is 1. The molecule has 0 bridgehead atoms. The van der Waals surface area contributed by atoms with Crippen LogP contribution in [0.25, 0.3) is 0 Å². The van der Waals surface area contributed by atoms with Crippen molar-refractivity contribution >= 4 is 5.91 Å². The Kier molecular flexibility index (Phi) is 7.25. The van der Waals surface area contributed by atoms with Crippen LogP contribution in [0.1, 0.15) is 23.7 Å². The minimum atomic E-state index is 0.0960. The molecule has 1 atom stereocenters. The van der Waals surface area contributed by atoms with Gasteiger partial charge in [0.05, 0.1) is 19.8 Å². The van der Waals surface area contributed by atoms with E-state index in [2.05, 4.69) is 22.3 Å². The number of hydrogen-bond donors (Lipinski definition) is 1. The number of carbonyl (C=O) groups is 1. The molecule has 5 nitrogen and oxygen atoms in total. The van der Waals surface area contributed by atoms with Crippen molar-refractivity contribution in [1.29, 1.82) is 0 Å². The molecule has 0 aliphatic carbocycles. The maximum atomic E-state index is 12.1. The van der Waals surface area contributed by atoms with Gasteiger partial charge in [0.25, 0.3) is 0 Å². The third kappa shape index (κ3) is 6.08. The number of benzene rings is 2. The van der Waals surface area contributed by atoms with E-state index in [0.717, 1.165) is 44.0 Å². The summed E-state index contributed by atoms with van der Waals surface area (Å²) in [5, 5.41) is 3.03. The highest BCUT2D eigenvalue weighted by Gasteiger charge is 2.21. The molecular formula is C22H28N2O3. The predicted octanol–water partition coefficient (Wildman–Crippen LogP) is 2.82. The number of aryl methyl sites for hydroxylation is 1. The van der Waals surface area contributed by atoms with E-state index < -0.39 is 0 Å². The lowest BCUT2D eigenvalue weighted by atomic mass is 10.1. The minimum absolute atomic E-state index is 0.0960. The Hall–Kier alpha value is -2.37. The van der Waals surface area contributed by atoms with Crippen LogP contribution in [-0.4, -0.2) is 50.7 Å². The van der Waals surface area contributed by atoms with Gasteiger partial charge in [0.1, 0.15) is 5.75 Å². The van der Waals surface area contributed by atoms with Gasteiger partial charge >= 0.3 is 0 Å². The van der Waals surface area contributed by atoms with Crippen LogP contribution in [0, 0.1) is 0 Å². The summed E-state index contributed by atoms with van der Waals surface area (Å²) < 4.78 is 11.0. The van der Waals surface area contributed by atoms with E-state index in [4.69, 9.17) is 9.47 Å². The summed E-state index contributed by atoms with van der Waals surface area (Å²) in [7, 11) is 1.65. The SMILES string of the molecule is COc1ccc(CCC(=O)NCCN2CCO[C@H](c3ccccc3)C2)cc1. The highest BCUT2D eigenvalue weighted by Crippen LogP contribution is 2.21. The van der Waals surface area contributed by atoms with Crippen LogP contribution in [0.5, 0.6) is 5.75 Å².